The number of carbonyl (C=O) groups is 2. The highest BCUT2D eigenvalue weighted by Crippen LogP contribution is 2.26. The average molecular weight is 479 g/mol. The first kappa shape index (κ1) is 22.3. The molecule has 5 rings (SSSR count). The second-order valence-electron chi connectivity index (χ2n) is 8.09. The highest BCUT2D eigenvalue weighted by Gasteiger charge is 2.12. The van der Waals surface area contributed by atoms with Crippen LogP contribution >= 0.6 is 11.3 Å². The number of nitrogens with two attached hydrogens (primary N) is 1. The van der Waals surface area contributed by atoms with Crippen molar-refractivity contribution in [2.45, 2.75) is 6.42 Å². The zero-order valence-corrected chi connectivity index (χ0v) is 19.5. The first-order valence-electron chi connectivity index (χ1n) is 11.0. The van der Waals surface area contributed by atoms with Crippen LogP contribution < -0.4 is 11.1 Å². The minimum Gasteiger partial charge on any atom is -0.366 e. The first-order chi connectivity index (χ1) is 17.1. The smallest absolute Gasteiger partial charge is 0.249 e. The lowest BCUT2D eigenvalue weighted by molar-refractivity contribution is -0.115. The van der Waals surface area contributed by atoms with Gasteiger partial charge in [-0.1, -0.05) is 54.6 Å². The van der Waals surface area contributed by atoms with Crippen LogP contribution in [0.15, 0.2) is 89.9 Å². The number of primary amides is 1. The molecule has 2 amide bonds. The summed E-state index contributed by atoms with van der Waals surface area (Å²) in [5, 5.41) is 7.84. The van der Waals surface area contributed by atoms with Crippen LogP contribution in [0, 0.1) is 0 Å². The number of nitrogens with one attached hydrogen (secondary N) is 2. The van der Waals surface area contributed by atoms with Crippen molar-refractivity contribution in [1.29, 1.82) is 0 Å². The van der Waals surface area contributed by atoms with Gasteiger partial charge >= 0.3 is 0 Å². The molecule has 172 valence electrons. The van der Waals surface area contributed by atoms with Gasteiger partial charge in [0.25, 0.3) is 0 Å². The fraction of sp³-hybridized carbons (Fsp3) is 0.0357. The molecule has 0 spiro atoms. The Morgan fingerprint density at radius 3 is 2.54 bits per heavy atom. The van der Waals surface area contributed by atoms with E-state index in [2.05, 4.69) is 26.7 Å². The summed E-state index contributed by atoms with van der Waals surface area (Å²) in [4.78, 5) is 32.3. The monoisotopic (exact) mass is 478 g/mol. The Balaban J connectivity index is 1.35. The van der Waals surface area contributed by atoms with Crippen molar-refractivity contribution >= 4 is 51.5 Å². The van der Waals surface area contributed by atoms with Gasteiger partial charge in [0.2, 0.25) is 11.8 Å². The maximum absolute atomic E-state index is 12.7. The summed E-state index contributed by atoms with van der Waals surface area (Å²) in [6.45, 7) is 0. The molecule has 7 heteroatoms. The summed E-state index contributed by atoms with van der Waals surface area (Å²) in [7, 11) is 0. The molecule has 0 bridgehead atoms. The highest BCUT2D eigenvalue weighted by atomic mass is 32.1. The van der Waals surface area contributed by atoms with Crippen LogP contribution in [0.1, 0.15) is 16.7 Å². The third kappa shape index (κ3) is 5.05. The third-order valence-corrected chi connectivity index (χ3v) is 6.35. The van der Waals surface area contributed by atoms with Crippen LogP contribution in [0.2, 0.25) is 0 Å². The predicted octanol–water partition coefficient (Wildman–Crippen LogP) is 5.50. The lowest BCUT2D eigenvalue weighted by Gasteiger charge is -2.07. The van der Waals surface area contributed by atoms with Crippen molar-refractivity contribution < 1.29 is 9.59 Å². The number of hydrogen-bond donors (Lipinski definition) is 3. The average Bonchev–Trinajstić information content (AvgIpc) is 3.54. The Bertz CT molecular complexity index is 1520. The topological polar surface area (TPSA) is 101 Å². The summed E-state index contributed by atoms with van der Waals surface area (Å²) in [6, 6.07) is 21.2. The number of amides is 2. The second kappa shape index (κ2) is 9.79. The van der Waals surface area contributed by atoms with Crippen molar-refractivity contribution in [2.24, 2.45) is 5.73 Å². The number of aromatic amines is 1. The van der Waals surface area contributed by atoms with Gasteiger partial charge in [0.1, 0.15) is 5.65 Å². The Morgan fingerprint density at radius 2 is 1.83 bits per heavy atom. The SMILES string of the molecule is NC(=O)/C(=C\c1c[nH]c2ncc(NC(=O)Cc3ccc(-c4ccsc4)cc3)cc12)c1ccccc1. The van der Waals surface area contributed by atoms with Crippen LogP contribution in [0.4, 0.5) is 5.69 Å². The predicted molar refractivity (Wildman–Crippen MR) is 142 cm³/mol. The summed E-state index contributed by atoms with van der Waals surface area (Å²) in [5.41, 5.74) is 12.0. The maximum Gasteiger partial charge on any atom is 0.249 e. The summed E-state index contributed by atoms with van der Waals surface area (Å²) < 4.78 is 0. The number of thiophene rings is 1. The third-order valence-electron chi connectivity index (χ3n) is 5.67. The molecule has 0 saturated heterocycles. The minimum atomic E-state index is -0.520. The number of pyridine rings is 1. The maximum atomic E-state index is 12.7. The minimum absolute atomic E-state index is 0.135. The lowest BCUT2D eigenvalue weighted by Crippen LogP contribution is -2.14. The van der Waals surface area contributed by atoms with Crippen molar-refractivity contribution in [2.75, 3.05) is 5.32 Å². The molecule has 0 aliphatic rings. The van der Waals surface area contributed by atoms with E-state index in [1.807, 2.05) is 66.0 Å². The van der Waals surface area contributed by atoms with E-state index in [9.17, 15) is 9.59 Å². The van der Waals surface area contributed by atoms with E-state index < -0.39 is 5.91 Å². The molecular weight excluding hydrogens is 456 g/mol. The normalized spacial score (nSPS) is 11.5. The zero-order chi connectivity index (χ0) is 24.2. The summed E-state index contributed by atoms with van der Waals surface area (Å²) in [6.07, 6.45) is 5.36. The van der Waals surface area contributed by atoms with Gasteiger partial charge in [0, 0.05) is 22.7 Å². The number of hydrogen-bond acceptors (Lipinski definition) is 4. The molecular formula is C28H22N4O2S. The number of fused-ring (bicyclic) bond motifs is 1. The van der Waals surface area contributed by atoms with Gasteiger partial charge in [0.05, 0.1) is 18.3 Å². The van der Waals surface area contributed by atoms with Crippen LogP contribution in [-0.2, 0) is 16.0 Å². The number of nitrogens with zero attached hydrogens (tertiary/aromatic N) is 1. The fourth-order valence-electron chi connectivity index (χ4n) is 3.92. The van der Waals surface area contributed by atoms with E-state index in [1.54, 1.807) is 29.8 Å². The zero-order valence-electron chi connectivity index (χ0n) is 18.7. The largest absolute Gasteiger partial charge is 0.366 e. The molecule has 3 aromatic heterocycles. The summed E-state index contributed by atoms with van der Waals surface area (Å²) in [5.74, 6) is -0.655. The standard InChI is InChI=1S/C28H22N4O2S/c29-27(34)24(20-4-2-1-3-5-20)13-22-15-30-28-25(22)14-23(16-31-28)32-26(33)12-18-6-8-19(9-7-18)21-10-11-35-17-21/h1-11,13-17H,12H2,(H2,29,34)(H,30,31)(H,32,33)/b24-13-. The van der Waals surface area contributed by atoms with E-state index in [-0.39, 0.29) is 12.3 Å². The molecule has 0 fully saturated rings. The molecule has 6 nitrogen and oxygen atoms in total. The van der Waals surface area contributed by atoms with Gasteiger partial charge < -0.3 is 16.0 Å². The molecule has 0 radical (unpaired) electrons. The van der Waals surface area contributed by atoms with Crippen molar-refractivity contribution in [3.63, 3.8) is 0 Å². The molecule has 0 atom stereocenters. The number of aromatic nitrogens is 2. The van der Waals surface area contributed by atoms with Gasteiger partial charge in [-0.3, -0.25) is 9.59 Å². The van der Waals surface area contributed by atoms with Gasteiger partial charge in [0.15, 0.2) is 0 Å². The Hall–Kier alpha value is -4.49. The molecule has 4 N–H and O–H groups in total. The molecule has 0 aliphatic heterocycles. The molecule has 35 heavy (non-hydrogen) atoms. The second-order valence-corrected chi connectivity index (χ2v) is 8.87. The van der Waals surface area contributed by atoms with Crippen LogP contribution in [0.25, 0.3) is 33.8 Å². The van der Waals surface area contributed by atoms with E-state index in [4.69, 9.17) is 5.73 Å². The van der Waals surface area contributed by atoms with Crippen molar-refractivity contribution in [3.05, 3.63) is 107 Å². The summed E-state index contributed by atoms with van der Waals surface area (Å²) >= 11 is 1.66. The highest BCUT2D eigenvalue weighted by molar-refractivity contribution is 7.08. The van der Waals surface area contributed by atoms with Crippen molar-refractivity contribution in [1.82, 2.24) is 9.97 Å². The first-order valence-corrected chi connectivity index (χ1v) is 12.0. The molecule has 0 aliphatic carbocycles. The molecule has 5 aromatic rings. The fourth-order valence-corrected chi connectivity index (χ4v) is 4.58. The Morgan fingerprint density at radius 1 is 1.03 bits per heavy atom. The van der Waals surface area contributed by atoms with Crippen LogP contribution in [0.5, 0.6) is 0 Å². The lowest BCUT2D eigenvalue weighted by atomic mass is 10.0. The number of benzene rings is 2. The van der Waals surface area contributed by atoms with E-state index in [0.29, 0.717) is 16.9 Å². The molecule has 2 aromatic carbocycles. The van der Waals surface area contributed by atoms with Crippen molar-refractivity contribution in [3.8, 4) is 11.1 Å². The molecule has 0 unspecified atom stereocenters. The number of H-pyrrole nitrogens is 1. The van der Waals surface area contributed by atoms with E-state index in [0.717, 1.165) is 27.6 Å². The quantitative estimate of drug-likeness (QED) is 0.269. The van der Waals surface area contributed by atoms with Gasteiger partial charge in [-0.2, -0.15) is 11.3 Å². The molecule has 3 heterocycles. The van der Waals surface area contributed by atoms with Gasteiger partial charge in [-0.25, -0.2) is 4.98 Å². The number of carbonyl (C=O) groups excluding carboxylic acids is 2. The van der Waals surface area contributed by atoms with Gasteiger partial charge in [-0.15, -0.1) is 0 Å². The Labute approximate surface area is 206 Å². The van der Waals surface area contributed by atoms with E-state index in [1.165, 1.54) is 5.56 Å². The van der Waals surface area contributed by atoms with E-state index >= 15 is 0 Å². The molecule has 0 saturated carbocycles. The number of rotatable bonds is 7. The van der Waals surface area contributed by atoms with Crippen LogP contribution in [-0.4, -0.2) is 21.8 Å². The van der Waals surface area contributed by atoms with Gasteiger partial charge in [-0.05, 0) is 51.2 Å². The number of anilines is 1. The van der Waals surface area contributed by atoms with Crippen LogP contribution in [0.3, 0.4) is 0 Å². The Kier molecular flexibility index (Phi) is 6.24.